The van der Waals surface area contributed by atoms with Gasteiger partial charge in [-0.3, -0.25) is 9.59 Å². The van der Waals surface area contributed by atoms with Gasteiger partial charge in [0.1, 0.15) is 10.8 Å². The van der Waals surface area contributed by atoms with Crippen LogP contribution in [-0.4, -0.2) is 21.9 Å². The Morgan fingerprint density at radius 1 is 0.962 bits per heavy atom. The van der Waals surface area contributed by atoms with Crippen molar-refractivity contribution in [3.63, 3.8) is 0 Å². The third-order valence-electron chi connectivity index (χ3n) is 3.91. The highest BCUT2D eigenvalue weighted by Gasteiger charge is 2.19. The van der Waals surface area contributed by atoms with Crippen LogP contribution in [0.2, 0.25) is 0 Å². The van der Waals surface area contributed by atoms with Gasteiger partial charge in [0.25, 0.3) is 0 Å². The number of rotatable bonds is 7. The summed E-state index contributed by atoms with van der Waals surface area (Å²) < 4.78 is 0. The molecule has 1 N–H and O–H groups in total. The van der Waals surface area contributed by atoms with E-state index in [2.05, 4.69) is 15.5 Å². The van der Waals surface area contributed by atoms with Crippen LogP contribution in [-0.2, 0) is 16.0 Å². The highest BCUT2D eigenvalue weighted by atomic mass is 32.1. The Morgan fingerprint density at radius 3 is 2.08 bits per heavy atom. The van der Waals surface area contributed by atoms with Gasteiger partial charge >= 0.3 is 0 Å². The van der Waals surface area contributed by atoms with Crippen LogP contribution in [0.5, 0.6) is 0 Å². The van der Waals surface area contributed by atoms with E-state index >= 15 is 0 Å². The van der Waals surface area contributed by atoms with E-state index in [1.54, 1.807) is 0 Å². The fourth-order valence-corrected chi connectivity index (χ4v) is 3.57. The molecule has 0 saturated carbocycles. The molecule has 3 rings (SSSR count). The molecule has 1 heterocycles. The topological polar surface area (TPSA) is 72.0 Å². The number of nitrogens with zero attached hydrogens (tertiary/aromatic N) is 2. The molecule has 0 unspecified atom stereocenters. The molecule has 1 aromatic heterocycles. The number of Topliss-reactive ketones (excluding diaryl/α,β-unsaturated/α-hetero) is 1. The second-order valence-corrected chi connectivity index (χ2v) is 7.07. The van der Waals surface area contributed by atoms with E-state index in [4.69, 9.17) is 0 Å². The van der Waals surface area contributed by atoms with E-state index in [9.17, 15) is 9.59 Å². The van der Waals surface area contributed by atoms with E-state index in [0.717, 1.165) is 11.1 Å². The summed E-state index contributed by atoms with van der Waals surface area (Å²) in [5.41, 5.74) is 2.17. The minimum absolute atomic E-state index is 0.0206. The Morgan fingerprint density at radius 2 is 1.54 bits per heavy atom. The monoisotopic (exact) mass is 365 g/mol. The number of hydrogen-bond acceptors (Lipinski definition) is 5. The van der Waals surface area contributed by atoms with Gasteiger partial charge in [-0.15, -0.1) is 10.2 Å². The summed E-state index contributed by atoms with van der Waals surface area (Å²) in [4.78, 5) is 23.7. The molecule has 3 aromatic rings. The van der Waals surface area contributed by atoms with E-state index < -0.39 is 0 Å². The summed E-state index contributed by atoms with van der Waals surface area (Å²) in [5, 5.41) is 11.7. The molecule has 1 amide bonds. The SMILES string of the molecule is CC(=O)Cc1nnc(NC(=O)CC(c2ccccc2)c2ccccc2)s1. The molecular formula is C20H19N3O2S. The molecule has 0 aliphatic rings. The van der Waals surface area contributed by atoms with Crippen molar-refractivity contribution in [1.82, 2.24) is 10.2 Å². The van der Waals surface area contributed by atoms with Crippen molar-refractivity contribution in [3.05, 3.63) is 76.8 Å². The molecular weight excluding hydrogens is 346 g/mol. The van der Waals surface area contributed by atoms with Gasteiger partial charge in [0.05, 0.1) is 6.42 Å². The Kier molecular flexibility index (Phi) is 5.86. The van der Waals surface area contributed by atoms with Crippen molar-refractivity contribution < 1.29 is 9.59 Å². The maximum Gasteiger partial charge on any atom is 0.227 e. The Balaban J connectivity index is 1.73. The van der Waals surface area contributed by atoms with E-state index in [-0.39, 0.29) is 24.0 Å². The van der Waals surface area contributed by atoms with Crippen molar-refractivity contribution in [3.8, 4) is 0 Å². The van der Waals surface area contributed by atoms with Crippen molar-refractivity contribution in [2.24, 2.45) is 0 Å². The summed E-state index contributed by atoms with van der Waals surface area (Å²) in [7, 11) is 0. The van der Waals surface area contributed by atoms with E-state index in [0.29, 0.717) is 16.6 Å². The molecule has 2 aromatic carbocycles. The van der Waals surface area contributed by atoms with Gasteiger partial charge in [0, 0.05) is 12.3 Å². The zero-order valence-electron chi connectivity index (χ0n) is 14.4. The van der Waals surface area contributed by atoms with Crippen LogP contribution in [0.25, 0.3) is 0 Å². The summed E-state index contributed by atoms with van der Waals surface area (Å²) in [5.74, 6) is -0.150. The fourth-order valence-electron chi connectivity index (χ4n) is 2.74. The number of nitrogens with one attached hydrogen (secondary N) is 1. The Labute approximate surface area is 156 Å². The van der Waals surface area contributed by atoms with Crippen LogP contribution in [0.3, 0.4) is 0 Å². The van der Waals surface area contributed by atoms with Gasteiger partial charge < -0.3 is 5.32 Å². The number of aromatic nitrogens is 2. The lowest BCUT2D eigenvalue weighted by Gasteiger charge is -2.17. The third kappa shape index (κ3) is 4.83. The number of carbonyl (C=O) groups is 2. The summed E-state index contributed by atoms with van der Waals surface area (Å²) in [6, 6.07) is 19.9. The fraction of sp³-hybridized carbons (Fsp3) is 0.200. The molecule has 0 aliphatic heterocycles. The molecule has 0 bridgehead atoms. The third-order valence-corrected chi connectivity index (χ3v) is 4.75. The van der Waals surface area contributed by atoms with Crippen LogP contribution >= 0.6 is 11.3 Å². The summed E-state index contributed by atoms with van der Waals surface area (Å²) in [6.07, 6.45) is 0.542. The second-order valence-electron chi connectivity index (χ2n) is 6.01. The predicted molar refractivity (Wildman–Crippen MR) is 102 cm³/mol. The predicted octanol–water partition coefficient (Wildman–Crippen LogP) is 3.83. The number of benzene rings is 2. The molecule has 132 valence electrons. The van der Waals surface area contributed by atoms with Gasteiger partial charge in [-0.05, 0) is 18.1 Å². The minimum Gasteiger partial charge on any atom is -0.300 e. The highest BCUT2D eigenvalue weighted by Crippen LogP contribution is 2.28. The van der Waals surface area contributed by atoms with E-state index in [1.165, 1.54) is 18.3 Å². The van der Waals surface area contributed by atoms with Gasteiger partial charge in [0.2, 0.25) is 11.0 Å². The standard InChI is InChI=1S/C20H19N3O2S/c1-14(24)12-19-22-23-20(26-19)21-18(25)13-17(15-8-4-2-5-9-15)16-10-6-3-7-11-16/h2-11,17H,12-13H2,1H3,(H,21,23,25). The van der Waals surface area contributed by atoms with Crippen molar-refractivity contribution in [2.45, 2.75) is 25.7 Å². The lowest BCUT2D eigenvalue weighted by molar-refractivity contribution is -0.117. The first-order valence-corrected chi connectivity index (χ1v) is 9.15. The molecule has 6 heteroatoms. The molecule has 0 saturated heterocycles. The molecule has 26 heavy (non-hydrogen) atoms. The zero-order valence-corrected chi connectivity index (χ0v) is 15.2. The van der Waals surface area contributed by atoms with Gasteiger partial charge in [-0.1, -0.05) is 72.0 Å². The normalized spacial score (nSPS) is 10.7. The average molecular weight is 365 g/mol. The lowest BCUT2D eigenvalue weighted by Crippen LogP contribution is -2.16. The number of hydrogen-bond donors (Lipinski definition) is 1. The number of anilines is 1. The summed E-state index contributed by atoms with van der Waals surface area (Å²) in [6.45, 7) is 1.50. The minimum atomic E-state index is -0.131. The second kappa shape index (κ2) is 8.49. The van der Waals surface area contributed by atoms with Crippen molar-refractivity contribution >= 4 is 28.2 Å². The zero-order chi connectivity index (χ0) is 18.4. The smallest absolute Gasteiger partial charge is 0.227 e. The molecule has 0 atom stereocenters. The maximum absolute atomic E-state index is 12.6. The Hall–Kier alpha value is -2.86. The summed E-state index contributed by atoms with van der Waals surface area (Å²) >= 11 is 1.23. The van der Waals surface area contributed by atoms with Crippen LogP contribution in [0.4, 0.5) is 5.13 Å². The molecule has 0 aliphatic carbocycles. The molecule has 0 spiro atoms. The first-order chi connectivity index (χ1) is 12.6. The number of ketones is 1. The quantitative estimate of drug-likeness (QED) is 0.691. The molecule has 0 radical (unpaired) electrons. The first kappa shape index (κ1) is 17.9. The largest absolute Gasteiger partial charge is 0.300 e. The average Bonchev–Trinajstić information content (AvgIpc) is 3.07. The molecule has 0 fully saturated rings. The molecule has 5 nitrogen and oxygen atoms in total. The van der Waals surface area contributed by atoms with Gasteiger partial charge in [0.15, 0.2) is 0 Å². The van der Waals surface area contributed by atoms with Crippen molar-refractivity contribution in [1.29, 1.82) is 0 Å². The van der Waals surface area contributed by atoms with Crippen molar-refractivity contribution in [2.75, 3.05) is 5.32 Å². The van der Waals surface area contributed by atoms with Gasteiger partial charge in [-0.2, -0.15) is 0 Å². The highest BCUT2D eigenvalue weighted by molar-refractivity contribution is 7.15. The maximum atomic E-state index is 12.6. The number of carbonyl (C=O) groups excluding carboxylic acids is 2. The van der Waals surface area contributed by atoms with Crippen LogP contribution in [0.15, 0.2) is 60.7 Å². The van der Waals surface area contributed by atoms with Crippen LogP contribution in [0.1, 0.15) is 35.4 Å². The van der Waals surface area contributed by atoms with Crippen LogP contribution < -0.4 is 5.32 Å². The Bertz CT molecular complexity index is 839. The first-order valence-electron chi connectivity index (χ1n) is 8.33. The number of amides is 1. The lowest BCUT2D eigenvalue weighted by atomic mass is 9.88. The van der Waals surface area contributed by atoms with Gasteiger partial charge in [-0.25, -0.2) is 0 Å². The van der Waals surface area contributed by atoms with Crippen LogP contribution in [0, 0.1) is 0 Å². The van der Waals surface area contributed by atoms with E-state index in [1.807, 2.05) is 60.7 Å².